The molecule has 4 nitrogen and oxygen atoms in total. The van der Waals surface area contributed by atoms with E-state index < -0.39 is 12.1 Å². The van der Waals surface area contributed by atoms with Gasteiger partial charge in [0.25, 0.3) is 0 Å². The van der Waals surface area contributed by atoms with Gasteiger partial charge in [0, 0.05) is 18.8 Å². The fraction of sp³-hybridized carbons (Fsp3) is 0.727. The average Bonchev–Trinajstić information content (AvgIpc) is 2.93. The largest absolute Gasteiger partial charge is 0.481 e. The summed E-state index contributed by atoms with van der Waals surface area (Å²) in [5.74, 6) is -0.278. The van der Waals surface area contributed by atoms with Gasteiger partial charge in [-0.25, -0.2) is 0 Å². The van der Waals surface area contributed by atoms with Crippen LogP contribution in [0.15, 0.2) is 24.3 Å². The van der Waals surface area contributed by atoms with Crippen LogP contribution in [0.2, 0.25) is 0 Å². The maximum Gasteiger partial charge on any atom is 0.303 e. The maximum atomic E-state index is 12.2. The highest BCUT2D eigenvalue weighted by atomic mass is 16.4. The first kappa shape index (κ1) is 22.6. The first-order valence-electron chi connectivity index (χ1n) is 10.0. The van der Waals surface area contributed by atoms with Gasteiger partial charge in [0.1, 0.15) is 5.78 Å². The van der Waals surface area contributed by atoms with Crippen LogP contribution in [0, 0.1) is 17.3 Å². The lowest BCUT2D eigenvalue weighted by Crippen LogP contribution is -2.27. The van der Waals surface area contributed by atoms with Gasteiger partial charge < -0.3 is 10.2 Å². The predicted molar refractivity (Wildman–Crippen MR) is 105 cm³/mol. The van der Waals surface area contributed by atoms with Crippen LogP contribution in [-0.4, -0.2) is 28.1 Å². The normalized spacial score (nSPS) is 22.5. The van der Waals surface area contributed by atoms with Gasteiger partial charge in [-0.1, -0.05) is 57.9 Å². The number of carbonyl (C=O) groups excluding carboxylic acids is 1. The summed E-state index contributed by atoms with van der Waals surface area (Å²) in [6.45, 7) is 6.34. The molecule has 0 aromatic carbocycles. The van der Waals surface area contributed by atoms with Gasteiger partial charge in [-0.05, 0) is 43.4 Å². The minimum absolute atomic E-state index is 0.00655. The van der Waals surface area contributed by atoms with E-state index >= 15 is 0 Å². The monoisotopic (exact) mass is 364 g/mol. The molecule has 2 unspecified atom stereocenters. The van der Waals surface area contributed by atoms with Gasteiger partial charge in [0.05, 0.1) is 6.10 Å². The lowest BCUT2D eigenvalue weighted by Gasteiger charge is -2.29. The van der Waals surface area contributed by atoms with E-state index in [4.69, 9.17) is 5.11 Å². The van der Waals surface area contributed by atoms with E-state index in [1.54, 1.807) is 0 Å². The van der Waals surface area contributed by atoms with Crippen LogP contribution in [-0.2, 0) is 9.59 Å². The summed E-state index contributed by atoms with van der Waals surface area (Å²) in [7, 11) is 0. The van der Waals surface area contributed by atoms with Crippen LogP contribution in [0.25, 0.3) is 0 Å². The zero-order chi connectivity index (χ0) is 19.6. The third-order valence-corrected chi connectivity index (χ3v) is 5.49. The molecule has 1 rings (SSSR count). The molecular formula is C22H36O4. The zero-order valence-electron chi connectivity index (χ0n) is 16.6. The number of unbranched alkanes of at least 4 members (excludes halogenated alkanes) is 2. The molecule has 0 aromatic rings. The number of ketones is 1. The van der Waals surface area contributed by atoms with Crippen molar-refractivity contribution in [2.45, 2.75) is 84.7 Å². The summed E-state index contributed by atoms with van der Waals surface area (Å²) in [6, 6.07) is 0. The number of carboxylic acids is 1. The molecule has 0 saturated heterocycles. The maximum absolute atomic E-state index is 12.2. The summed E-state index contributed by atoms with van der Waals surface area (Å²) >= 11 is 0. The molecule has 1 fully saturated rings. The Hall–Kier alpha value is -1.42. The van der Waals surface area contributed by atoms with Gasteiger partial charge in [-0.3, -0.25) is 9.59 Å². The Morgan fingerprint density at radius 1 is 1.31 bits per heavy atom. The molecule has 0 heterocycles. The van der Waals surface area contributed by atoms with E-state index in [0.29, 0.717) is 25.0 Å². The lowest BCUT2D eigenvalue weighted by molar-refractivity contribution is -0.137. The second-order valence-electron chi connectivity index (χ2n) is 8.19. The Morgan fingerprint density at radius 2 is 2.04 bits per heavy atom. The van der Waals surface area contributed by atoms with Crippen molar-refractivity contribution < 1.29 is 19.8 Å². The molecule has 0 spiro atoms. The van der Waals surface area contributed by atoms with E-state index in [0.717, 1.165) is 32.1 Å². The topological polar surface area (TPSA) is 74.6 Å². The molecule has 0 aliphatic heterocycles. The number of carbonyl (C=O) groups is 2. The number of Topliss-reactive ketones (excluding diaryl/α,β-unsaturated/α-hetero) is 1. The van der Waals surface area contributed by atoms with Crippen molar-refractivity contribution in [3.8, 4) is 0 Å². The molecule has 26 heavy (non-hydrogen) atoms. The molecule has 0 amide bonds. The first-order valence-corrected chi connectivity index (χ1v) is 10.0. The summed E-state index contributed by atoms with van der Waals surface area (Å²) in [5, 5.41) is 19.1. The third-order valence-electron chi connectivity index (χ3n) is 5.49. The second-order valence-corrected chi connectivity index (χ2v) is 8.19. The Morgan fingerprint density at radius 3 is 2.69 bits per heavy atom. The summed E-state index contributed by atoms with van der Waals surface area (Å²) in [6.07, 6.45) is 14.4. The smallest absolute Gasteiger partial charge is 0.303 e. The minimum Gasteiger partial charge on any atom is -0.481 e. The number of aliphatic carboxylic acids is 1. The van der Waals surface area contributed by atoms with Crippen molar-refractivity contribution in [2.24, 2.45) is 17.3 Å². The number of aliphatic hydroxyl groups is 1. The molecule has 0 radical (unpaired) electrons. The van der Waals surface area contributed by atoms with Gasteiger partial charge in [0.2, 0.25) is 0 Å². The standard InChI is InChI=1S/C22H36O4/c1-4-5-16-22(2,3)20(24)15-13-17-12-14-19(23)18(17)10-8-6-7-9-11-21(25)26/h6,8,13,15,17-18,20,24H,4-5,7,9-12,14,16H2,1-3H3,(H,25,26)/b8-6-,15-13+/t17-,18?,20?/m1/s1. The Bertz CT molecular complexity index is 504. The van der Waals surface area contributed by atoms with Crippen LogP contribution in [0.4, 0.5) is 0 Å². The number of aliphatic hydroxyl groups excluding tert-OH is 1. The number of hydrogen-bond donors (Lipinski definition) is 2. The van der Waals surface area contributed by atoms with Gasteiger partial charge >= 0.3 is 5.97 Å². The first-order chi connectivity index (χ1) is 12.3. The molecule has 0 aromatic heterocycles. The van der Waals surface area contributed by atoms with E-state index in [2.05, 4.69) is 20.8 Å². The Kier molecular flexibility index (Phi) is 9.85. The highest BCUT2D eigenvalue weighted by Gasteiger charge is 2.32. The molecule has 4 heteroatoms. The molecule has 1 aliphatic carbocycles. The van der Waals surface area contributed by atoms with Crippen molar-refractivity contribution in [1.29, 1.82) is 0 Å². The molecular weight excluding hydrogens is 328 g/mol. The summed E-state index contributed by atoms with van der Waals surface area (Å²) in [4.78, 5) is 22.7. The summed E-state index contributed by atoms with van der Waals surface area (Å²) < 4.78 is 0. The molecule has 2 N–H and O–H groups in total. The van der Waals surface area contributed by atoms with Crippen molar-refractivity contribution >= 4 is 11.8 Å². The number of carboxylic acid groups (broad SMARTS) is 1. The lowest BCUT2D eigenvalue weighted by atomic mass is 9.80. The Labute approximate surface area is 158 Å². The van der Waals surface area contributed by atoms with Gasteiger partial charge in [-0.15, -0.1) is 0 Å². The second kappa shape index (κ2) is 11.3. The molecule has 1 aliphatic rings. The van der Waals surface area contributed by atoms with Gasteiger partial charge in [-0.2, -0.15) is 0 Å². The number of rotatable bonds is 12. The van der Waals surface area contributed by atoms with E-state index in [9.17, 15) is 14.7 Å². The molecule has 3 atom stereocenters. The fourth-order valence-corrected chi connectivity index (χ4v) is 3.49. The van der Waals surface area contributed by atoms with Crippen molar-refractivity contribution in [3.05, 3.63) is 24.3 Å². The third kappa shape index (κ3) is 7.86. The highest BCUT2D eigenvalue weighted by Crippen LogP contribution is 2.34. The van der Waals surface area contributed by atoms with Crippen LogP contribution in [0.5, 0.6) is 0 Å². The Balaban J connectivity index is 2.52. The van der Waals surface area contributed by atoms with E-state index in [1.165, 1.54) is 0 Å². The highest BCUT2D eigenvalue weighted by molar-refractivity contribution is 5.83. The van der Waals surface area contributed by atoms with Crippen molar-refractivity contribution in [3.63, 3.8) is 0 Å². The van der Waals surface area contributed by atoms with E-state index in [1.807, 2.05) is 24.3 Å². The van der Waals surface area contributed by atoms with E-state index in [-0.39, 0.29) is 23.7 Å². The number of allylic oxidation sites excluding steroid dienone is 3. The summed E-state index contributed by atoms with van der Waals surface area (Å²) in [5.41, 5.74) is -0.144. The molecule has 0 bridgehead atoms. The van der Waals surface area contributed by atoms with Crippen molar-refractivity contribution in [2.75, 3.05) is 0 Å². The van der Waals surface area contributed by atoms with Gasteiger partial charge in [0.15, 0.2) is 0 Å². The molecule has 1 saturated carbocycles. The predicted octanol–water partition coefficient (Wildman–Crippen LogP) is 4.92. The zero-order valence-corrected chi connectivity index (χ0v) is 16.6. The quantitative estimate of drug-likeness (QED) is 0.381. The van der Waals surface area contributed by atoms with Crippen LogP contribution in [0.1, 0.15) is 78.6 Å². The SMILES string of the molecule is CCCCC(C)(C)C(O)/C=C/[C@H]1CCC(=O)C1C/C=C\CCCC(=O)O. The van der Waals surface area contributed by atoms with Crippen molar-refractivity contribution in [1.82, 2.24) is 0 Å². The minimum atomic E-state index is -0.769. The number of hydrogen-bond acceptors (Lipinski definition) is 3. The van der Waals surface area contributed by atoms with Crippen LogP contribution < -0.4 is 0 Å². The average molecular weight is 365 g/mol. The van der Waals surface area contributed by atoms with Crippen LogP contribution >= 0.6 is 0 Å². The molecule has 148 valence electrons. The van der Waals surface area contributed by atoms with Crippen LogP contribution in [0.3, 0.4) is 0 Å². The fourth-order valence-electron chi connectivity index (χ4n) is 3.49.